The van der Waals surface area contributed by atoms with Crippen molar-refractivity contribution in [2.45, 2.75) is 65.3 Å². The highest BCUT2D eigenvalue weighted by molar-refractivity contribution is 5.89. The molecule has 1 aromatic carbocycles. The molecule has 0 bridgehead atoms. The van der Waals surface area contributed by atoms with Gasteiger partial charge in [0.2, 0.25) is 0 Å². The minimum atomic E-state index is 0.660. The van der Waals surface area contributed by atoms with E-state index in [4.69, 9.17) is 0 Å². The molecule has 0 aliphatic heterocycles. The normalized spacial score (nSPS) is 20.3. The molecule has 0 amide bonds. The van der Waals surface area contributed by atoms with Crippen LogP contribution in [0.2, 0.25) is 0 Å². The summed E-state index contributed by atoms with van der Waals surface area (Å²) in [4.78, 5) is 0. The van der Waals surface area contributed by atoms with E-state index >= 15 is 0 Å². The molecule has 1 saturated carbocycles. The number of benzene rings is 1. The molecular weight excluding hydrogens is 254 g/mol. The molecule has 1 N–H and O–H groups in total. The Labute approximate surface area is 129 Å². The third-order valence-corrected chi connectivity index (χ3v) is 5.13. The summed E-state index contributed by atoms with van der Waals surface area (Å²) >= 11 is 0. The molecule has 0 atom stereocenters. The number of allylic oxidation sites excluding steroid dienone is 4. The van der Waals surface area contributed by atoms with Crippen LogP contribution < -0.4 is 5.32 Å². The van der Waals surface area contributed by atoms with Crippen molar-refractivity contribution in [2.24, 2.45) is 0 Å². The first-order chi connectivity index (χ1) is 10.2. The third kappa shape index (κ3) is 2.92. The van der Waals surface area contributed by atoms with Crippen molar-refractivity contribution in [2.75, 3.05) is 5.32 Å². The van der Waals surface area contributed by atoms with Crippen molar-refractivity contribution in [1.82, 2.24) is 0 Å². The molecule has 0 radical (unpaired) electrons. The number of anilines is 1. The van der Waals surface area contributed by atoms with Crippen LogP contribution in [0.5, 0.6) is 0 Å². The van der Waals surface area contributed by atoms with Gasteiger partial charge in [0.1, 0.15) is 0 Å². The van der Waals surface area contributed by atoms with Gasteiger partial charge in [0.25, 0.3) is 0 Å². The fourth-order valence-electron chi connectivity index (χ4n) is 3.88. The maximum absolute atomic E-state index is 3.83. The molecule has 0 heterocycles. The fraction of sp³-hybridized carbons (Fsp3) is 0.500. The summed E-state index contributed by atoms with van der Waals surface area (Å²) in [6.07, 6.45) is 7.93. The van der Waals surface area contributed by atoms with E-state index < -0.39 is 0 Å². The van der Waals surface area contributed by atoms with Crippen LogP contribution in [0.1, 0.15) is 64.9 Å². The van der Waals surface area contributed by atoms with Crippen LogP contribution in [0, 0.1) is 0 Å². The van der Waals surface area contributed by atoms with Crippen LogP contribution in [0.4, 0.5) is 5.69 Å². The van der Waals surface area contributed by atoms with Crippen molar-refractivity contribution in [3.63, 3.8) is 0 Å². The molecule has 3 rings (SSSR count). The molecule has 0 spiro atoms. The van der Waals surface area contributed by atoms with E-state index in [0.717, 1.165) is 6.42 Å². The van der Waals surface area contributed by atoms with Gasteiger partial charge in [0.15, 0.2) is 0 Å². The highest BCUT2D eigenvalue weighted by Crippen LogP contribution is 2.41. The lowest BCUT2D eigenvalue weighted by atomic mass is 9.93. The first kappa shape index (κ1) is 14.4. The fourth-order valence-corrected chi connectivity index (χ4v) is 3.88. The highest BCUT2D eigenvalue weighted by Gasteiger charge is 2.21. The largest absolute Gasteiger partial charge is 0.382 e. The molecule has 1 aromatic rings. The summed E-state index contributed by atoms with van der Waals surface area (Å²) in [6, 6.07) is 9.53. The number of nitrogens with one attached hydrogen (secondary N) is 1. The second kappa shape index (κ2) is 6.09. The van der Waals surface area contributed by atoms with Crippen molar-refractivity contribution in [3.05, 3.63) is 46.5 Å². The summed E-state index contributed by atoms with van der Waals surface area (Å²) in [7, 11) is 0. The van der Waals surface area contributed by atoms with Gasteiger partial charge < -0.3 is 5.32 Å². The Morgan fingerprint density at radius 3 is 2.29 bits per heavy atom. The predicted octanol–water partition coefficient (Wildman–Crippen LogP) is 5.94. The van der Waals surface area contributed by atoms with Gasteiger partial charge in [0, 0.05) is 17.3 Å². The minimum Gasteiger partial charge on any atom is -0.382 e. The van der Waals surface area contributed by atoms with E-state index in [1.54, 1.807) is 0 Å². The van der Waals surface area contributed by atoms with Crippen molar-refractivity contribution >= 4 is 11.3 Å². The standard InChI is InChI=1S/C20H27N/c1-14-13-15(2)20(16(14)3)18-11-7-8-12-19(18)21-17-9-5-4-6-10-17/h7-8,11-12,17,21H,4-6,9-10,13H2,1-3H3. The van der Waals surface area contributed by atoms with Crippen LogP contribution in [-0.2, 0) is 0 Å². The molecule has 112 valence electrons. The van der Waals surface area contributed by atoms with Crippen molar-refractivity contribution < 1.29 is 0 Å². The predicted molar refractivity (Wildman–Crippen MR) is 92.5 cm³/mol. The zero-order valence-corrected chi connectivity index (χ0v) is 13.6. The summed E-state index contributed by atoms with van der Waals surface area (Å²) < 4.78 is 0. The van der Waals surface area contributed by atoms with E-state index in [1.165, 1.54) is 65.6 Å². The molecule has 21 heavy (non-hydrogen) atoms. The van der Waals surface area contributed by atoms with Gasteiger partial charge >= 0.3 is 0 Å². The highest BCUT2D eigenvalue weighted by atomic mass is 14.9. The second-order valence-corrected chi connectivity index (χ2v) is 6.76. The van der Waals surface area contributed by atoms with Crippen LogP contribution in [0.25, 0.3) is 5.57 Å². The smallest absolute Gasteiger partial charge is 0.0422 e. The molecule has 0 saturated heterocycles. The van der Waals surface area contributed by atoms with E-state index in [-0.39, 0.29) is 0 Å². The Kier molecular flexibility index (Phi) is 4.19. The van der Waals surface area contributed by atoms with Gasteiger partial charge in [-0.25, -0.2) is 0 Å². The number of hydrogen-bond acceptors (Lipinski definition) is 1. The first-order valence-corrected chi connectivity index (χ1v) is 8.39. The molecule has 2 aliphatic carbocycles. The van der Waals surface area contributed by atoms with Crippen molar-refractivity contribution in [1.29, 1.82) is 0 Å². The lowest BCUT2D eigenvalue weighted by molar-refractivity contribution is 0.462. The van der Waals surface area contributed by atoms with Gasteiger partial charge in [-0.05, 0) is 57.2 Å². The summed E-state index contributed by atoms with van der Waals surface area (Å²) in [5, 5.41) is 3.83. The number of hydrogen-bond donors (Lipinski definition) is 1. The minimum absolute atomic E-state index is 0.660. The summed E-state index contributed by atoms with van der Waals surface area (Å²) in [6.45, 7) is 6.83. The molecule has 2 aliphatic rings. The van der Waals surface area contributed by atoms with Gasteiger partial charge in [-0.3, -0.25) is 0 Å². The van der Waals surface area contributed by atoms with Gasteiger partial charge in [0.05, 0.1) is 0 Å². The maximum Gasteiger partial charge on any atom is 0.0422 e. The Morgan fingerprint density at radius 1 is 0.905 bits per heavy atom. The van der Waals surface area contributed by atoms with Crippen molar-refractivity contribution in [3.8, 4) is 0 Å². The lowest BCUT2D eigenvalue weighted by Crippen LogP contribution is -2.22. The van der Waals surface area contributed by atoms with E-state index in [1.807, 2.05) is 0 Å². The molecule has 1 heteroatoms. The molecule has 0 unspecified atom stereocenters. The van der Waals surface area contributed by atoms with E-state index in [9.17, 15) is 0 Å². The molecular formula is C20H27N. The van der Waals surface area contributed by atoms with E-state index in [2.05, 4.69) is 50.4 Å². The molecule has 1 nitrogen and oxygen atoms in total. The van der Waals surface area contributed by atoms with Crippen LogP contribution >= 0.6 is 0 Å². The molecule has 1 fully saturated rings. The zero-order chi connectivity index (χ0) is 14.8. The van der Waals surface area contributed by atoms with Gasteiger partial charge in [-0.15, -0.1) is 0 Å². The average Bonchev–Trinajstić information content (AvgIpc) is 2.74. The zero-order valence-electron chi connectivity index (χ0n) is 13.6. The monoisotopic (exact) mass is 281 g/mol. The topological polar surface area (TPSA) is 12.0 Å². The number of para-hydroxylation sites is 1. The van der Waals surface area contributed by atoms with Gasteiger partial charge in [-0.2, -0.15) is 0 Å². The summed E-state index contributed by atoms with van der Waals surface area (Å²) in [5.74, 6) is 0. The van der Waals surface area contributed by atoms with E-state index in [0.29, 0.717) is 6.04 Å². The summed E-state index contributed by atoms with van der Waals surface area (Å²) in [5.41, 5.74) is 8.72. The Balaban J connectivity index is 1.91. The maximum atomic E-state index is 3.83. The number of rotatable bonds is 3. The molecule has 0 aromatic heterocycles. The third-order valence-electron chi connectivity index (χ3n) is 5.13. The first-order valence-electron chi connectivity index (χ1n) is 8.39. The average molecular weight is 281 g/mol. The van der Waals surface area contributed by atoms with Crippen LogP contribution in [0.3, 0.4) is 0 Å². The SMILES string of the molecule is CC1=C(C)C(c2ccccc2NC2CCCCC2)=C(C)C1. The quantitative estimate of drug-likeness (QED) is 0.722. The second-order valence-electron chi connectivity index (χ2n) is 6.76. The Morgan fingerprint density at radius 2 is 1.62 bits per heavy atom. The van der Waals surface area contributed by atoms with Crippen LogP contribution in [0.15, 0.2) is 41.0 Å². The van der Waals surface area contributed by atoms with Crippen LogP contribution in [-0.4, -0.2) is 6.04 Å². The Hall–Kier alpha value is -1.50. The lowest BCUT2D eigenvalue weighted by Gasteiger charge is -2.26. The Bertz CT molecular complexity index is 586. The van der Waals surface area contributed by atoms with Gasteiger partial charge in [-0.1, -0.05) is 48.6 Å².